The van der Waals surface area contributed by atoms with Crippen molar-refractivity contribution in [1.29, 1.82) is 0 Å². The lowest BCUT2D eigenvalue weighted by Crippen LogP contribution is -2.24. The van der Waals surface area contributed by atoms with Crippen LogP contribution in [0.2, 0.25) is 10.0 Å². The first-order chi connectivity index (χ1) is 12.8. The van der Waals surface area contributed by atoms with Crippen LogP contribution in [0, 0.1) is 0 Å². The molecule has 0 bridgehead atoms. The van der Waals surface area contributed by atoms with Gasteiger partial charge in [0.15, 0.2) is 0 Å². The number of hydrogen-bond acceptors (Lipinski definition) is 6. The van der Waals surface area contributed by atoms with E-state index >= 15 is 0 Å². The van der Waals surface area contributed by atoms with E-state index in [0.717, 1.165) is 0 Å². The number of carbonyl (C=O) groups excluding carboxylic acids is 2. The summed E-state index contributed by atoms with van der Waals surface area (Å²) < 4.78 is 4.94. The number of amides is 1. The van der Waals surface area contributed by atoms with Gasteiger partial charge in [-0.3, -0.25) is 14.6 Å². The second-order valence-corrected chi connectivity index (χ2v) is 6.56. The van der Waals surface area contributed by atoms with Gasteiger partial charge < -0.3 is 20.3 Å². The molecule has 1 amide bonds. The average molecular weight is 413 g/mol. The Hall–Kier alpha value is -2.19. The summed E-state index contributed by atoms with van der Waals surface area (Å²) in [5, 5.41) is 20.9. The van der Waals surface area contributed by atoms with Crippen molar-refractivity contribution in [2.45, 2.75) is 18.9 Å². The summed E-state index contributed by atoms with van der Waals surface area (Å²) in [5.41, 5.74) is 1.28. The molecule has 0 saturated carbocycles. The van der Waals surface area contributed by atoms with Gasteiger partial charge in [-0.05, 0) is 24.6 Å². The molecule has 9 heteroatoms. The predicted octanol–water partition coefficient (Wildman–Crippen LogP) is 2.64. The van der Waals surface area contributed by atoms with Crippen molar-refractivity contribution in [2.75, 3.05) is 18.5 Å². The van der Waals surface area contributed by atoms with Crippen LogP contribution in [0.5, 0.6) is 0 Å². The number of nitrogens with one attached hydrogen (secondary N) is 1. The zero-order valence-electron chi connectivity index (χ0n) is 14.4. The molecule has 0 saturated heterocycles. The van der Waals surface area contributed by atoms with E-state index in [1.807, 2.05) is 0 Å². The van der Waals surface area contributed by atoms with E-state index < -0.39 is 30.5 Å². The van der Waals surface area contributed by atoms with Crippen molar-refractivity contribution in [1.82, 2.24) is 4.98 Å². The van der Waals surface area contributed by atoms with Crippen molar-refractivity contribution in [3.05, 3.63) is 57.8 Å². The minimum atomic E-state index is -1.11. The number of aromatic nitrogens is 1. The number of pyridine rings is 1. The largest absolute Gasteiger partial charge is 0.462 e. The topological polar surface area (TPSA) is 109 Å². The molecular formula is C18H18Cl2N2O5. The van der Waals surface area contributed by atoms with Gasteiger partial charge in [0.25, 0.3) is 5.91 Å². The highest BCUT2D eigenvalue weighted by atomic mass is 35.5. The number of halogens is 2. The minimum Gasteiger partial charge on any atom is -0.462 e. The molecule has 1 aromatic heterocycles. The van der Waals surface area contributed by atoms with Crippen LogP contribution in [0.25, 0.3) is 0 Å². The van der Waals surface area contributed by atoms with Gasteiger partial charge in [0.2, 0.25) is 0 Å². The molecule has 27 heavy (non-hydrogen) atoms. The van der Waals surface area contributed by atoms with Crippen LogP contribution < -0.4 is 5.32 Å². The summed E-state index contributed by atoms with van der Waals surface area (Å²) in [7, 11) is 0. The standard InChI is InChI=1S/C18H18Cl2N2O5/c1-10(18(26)27-9-13(24)8-23)11-2-4-12(5-3-11)22-17(25)16-14(19)6-21-7-15(16)20/h2-7,10,13,23-24H,8-9H2,1H3,(H,22,25). The third-order valence-corrected chi connectivity index (χ3v) is 4.30. The van der Waals surface area contributed by atoms with Gasteiger partial charge in [-0.25, -0.2) is 0 Å². The van der Waals surface area contributed by atoms with Crippen LogP contribution >= 0.6 is 23.2 Å². The molecule has 2 atom stereocenters. The Balaban J connectivity index is 2.02. The summed E-state index contributed by atoms with van der Waals surface area (Å²) in [6.07, 6.45) is 1.55. The SMILES string of the molecule is CC(C(=O)OCC(O)CO)c1ccc(NC(=O)c2c(Cl)cncc2Cl)cc1. The highest BCUT2D eigenvalue weighted by Gasteiger charge is 2.19. The van der Waals surface area contributed by atoms with Gasteiger partial charge in [-0.15, -0.1) is 0 Å². The Morgan fingerprint density at radius 2 is 1.78 bits per heavy atom. The number of aliphatic hydroxyl groups excluding tert-OH is 2. The van der Waals surface area contributed by atoms with Gasteiger partial charge in [0.1, 0.15) is 12.7 Å². The fraction of sp³-hybridized carbons (Fsp3) is 0.278. The molecule has 0 aliphatic heterocycles. The first-order valence-electron chi connectivity index (χ1n) is 7.99. The lowest BCUT2D eigenvalue weighted by atomic mass is 10.0. The quantitative estimate of drug-likeness (QED) is 0.603. The van der Waals surface area contributed by atoms with Gasteiger partial charge >= 0.3 is 5.97 Å². The molecule has 2 aromatic rings. The predicted molar refractivity (Wildman–Crippen MR) is 101 cm³/mol. The molecule has 2 rings (SSSR count). The van der Waals surface area contributed by atoms with Crippen LogP contribution in [0.1, 0.15) is 28.8 Å². The number of nitrogens with zero attached hydrogens (tertiary/aromatic N) is 1. The number of aliphatic hydroxyl groups is 2. The molecule has 0 aliphatic carbocycles. The molecule has 144 valence electrons. The zero-order valence-corrected chi connectivity index (χ0v) is 15.9. The fourth-order valence-electron chi connectivity index (χ4n) is 2.17. The maximum absolute atomic E-state index is 12.3. The number of hydrogen-bond donors (Lipinski definition) is 3. The molecule has 1 heterocycles. The third-order valence-electron chi connectivity index (χ3n) is 3.73. The monoisotopic (exact) mass is 412 g/mol. The zero-order chi connectivity index (χ0) is 20.0. The number of benzene rings is 1. The van der Waals surface area contributed by atoms with E-state index in [0.29, 0.717) is 11.3 Å². The number of ether oxygens (including phenoxy) is 1. The molecule has 0 fully saturated rings. The molecule has 2 unspecified atom stereocenters. The summed E-state index contributed by atoms with van der Waals surface area (Å²) in [5.74, 6) is -1.59. The van der Waals surface area contributed by atoms with Crippen LogP contribution in [-0.4, -0.2) is 46.4 Å². The van der Waals surface area contributed by atoms with Gasteiger partial charge in [0.05, 0.1) is 28.1 Å². The highest BCUT2D eigenvalue weighted by Crippen LogP contribution is 2.25. The normalized spacial score (nSPS) is 12.9. The summed E-state index contributed by atoms with van der Waals surface area (Å²) in [4.78, 5) is 28.1. The number of esters is 1. The first kappa shape index (κ1) is 21.1. The number of anilines is 1. The Kier molecular flexibility index (Phi) is 7.55. The number of rotatable bonds is 7. The fourth-order valence-corrected chi connectivity index (χ4v) is 2.71. The van der Waals surface area contributed by atoms with E-state index in [-0.39, 0.29) is 22.2 Å². The minimum absolute atomic E-state index is 0.122. The van der Waals surface area contributed by atoms with E-state index in [1.54, 1.807) is 31.2 Å². The maximum atomic E-state index is 12.3. The third kappa shape index (κ3) is 5.64. The summed E-state index contributed by atoms with van der Waals surface area (Å²) in [6.45, 7) is 0.889. The molecule has 7 nitrogen and oxygen atoms in total. The maximum Gasteiger partial charge on any atom is 0.313 e. The molecular weight excluding hydrogens is 395 g/mol. The van der Waals surface area contributed by atoms with Crippen molar-refractivity contribution >= 4 is 40.8 Å². The average Bonchev–Trinajstić information content (AvgIpc) is 2.65. The van der Waals surface area contributed by atoms with Gasteiger partial charge in [-0.1, -0.05) is 35.3 Å². The second kappa shape index (κ2) is 9.66. The van der Waals surface area contributed by atoms with Crippen molar-refractivity contribution < 1.29 is 24.5 Å². The van der Waals surface area contributed by atoms with E-state index in [9.17, 15) is 14.7 Å². The van der Waals surface area contributed by atoms with Crippen LogP contribution in [0.4, 0.5) is 5.69 Å². The molecule has 0 radical (unpaired) electrons. The second-order valence-electron chi connectivity index (χ2n) is 5.74. The molecule has 0 aliphatic rings. The first-order valence-corrected chi connectivity index (χ1v) is 8.75. The molecule has 0 spiro atoms. The van der Waals surface area contributed by atoms with Crippen LogP contribution in [0.15, 0.2) is 36.7 Å². The van der Waals surface area contributed by atoms with E-state index in [4.69, 9.17) is 33.0 Å². The van der Waals surface area contributed by atoms with E-state index in [2.05, 4.69) is 10.3 Å². The van der Waals surface area contributed by atoms with Crippen molar-refractivity contribution in [3.8, 4) is 0 Å². The summed E-state index contributed by atoms with van der Waals surface area (Å²) in [6, 6.07) is 6.59. The highest BCUT2D eigenvalue weighted by molar-refractivity contribution is 6.40. The number of carbonyl (C=O) groups is 2. The van der Waals surface area contributed by atoms with Crippen molar-refractivity contribution in [2.24, 2.45) is 0 Å². The van der Waals surface area contributed by atoms with E-state index in [1.165, 1.54) is 12.4 Å². The Bertz CT molecular complexity index is 794. The van der Waals surface area contributed by atoms with Crippen LogP contribution in [-0.2, 0) is 9.53 Å². The van der Waals surface area contributed by atoms with Gasteiger partial charge in [0, 0.05) is 18.1 Å². The van der Waals surface area contributed by atoms with Crippen molar-refractivity contribution in [3.63, 3.8) is 0 Å². The Morgan fingerprint density at radius 1 is 1.19 bits per heavy atom. The smallest absolute Gasteiger partial charge is 0.313 e. The lowest BCUT2D eigenvalue weighted by Gasteiger charge is -2.14. The Labute approximate surface area is 165 Å². The lowest BCUT2D eigenvalue weighted by molar-refractivity contribution is -0.148. The van der Waals surface area contributed by atoms with Gasteiger partial charge in [-0.2, -0.15) is 0 Å². The molecule has 1 aromatic carbocycles. The molecule has 3 N–H and O–H groups in total. The van der Waals surface area contributed by atoms with Crippen LogP contribution in [0.3, 0.4) is 0 Å². The summed E-state index contributed by atoms with van der Waals surface area (Å²) >= 11 is 11.9. The Morgan fingerprint density at radius 3 is 2.33 bits per heavy atom.